The number of nitrogens with one attached hydrogen (secondary N) is 1. The van der Waals surface area contributed by atoms with E-state index >= 15 is 0 Å². The standard InChI is InChI=1S/C31H29FN6O2/c1-36-29-4-2-3-27(28(29)19-33-36)30(39)35-25-18-34-38(20-25)26-13-15-37(16-14-26)31(40)23-9-5-21(6-10-23)17-22-7-11-24(32)12-8-22/h2-12,18-20,26H,13-17H2,1H3,(H,35,39). The number of carbonyl (C=O) groups excluding carboxylic acids is 2. The van der Waals surface area contributed by atoms with E-state index in [-0.39, 0.29) is 23.7 Å². The number of amides is 2. The summed E-state index contributed by atoms with van der Waals surface area (Å²) in [4.78, 5) is 28.0. The summed E-state index contributed by atoms with van der Waals surface area (Å²) in [6.07, 6.45) is 7.45. The number of aryl methyl sites for hydroxylation is 1. The van der Waals surface area contributed by atoms with E-state index in [0.29, 0.717) is 36.3 Å². The Kier molecular flexibility index (Phi) is 6.86. The number of rotatable bonds is 6. The number of halogens is 1. The Hall–Kier alpha value is -4.79. The van der Waals surface area contributed by atoms with Crippen molar-refractivity contribution < 1.29 is 14.0 Å². The van der Waals surface area contributed by atoms with Gasteiger partial charge in [-0.15, -0.1) is 0 Å². The fourth-order valence-corrected chi connectivity index (χ4v) is 5.30. The van der Waals surface area contributed by atoms with E-state index in [9.17, 15) is 14.0 Å². The molecule has 2 aromatic heterocycles. The predicted octanol–water partition coefficient (Wildman–Crippen LogP) is 5.23. The van der Waals surface area contributed by atoms with Gasteiger partial charge in [0.05, 0.1) is 35.2 Å². The van der Waals surface area contributed by atoms with Crippen LogP contribution >= 0.6 is 0 Å². The SMILES string of the molecule is Cn1ncc2c(C(=O)Nc3cnn(C4CCN(C(=O)c5ccc(Cc6ccc(F)cc6)cc5)CC4)c3)cccc21. The number of carbonyl (C=O) groups is 2. The van der Waals surface area contributed by atoms with Crippen LogP contribution in [0, 0.1) is 5.82 Å². The van der Waals surface area contributed by atoms with Gasteiger partial charge in [-0.2, -0.15) is 10.2 Å². The summed E-state index contributed by atoms with van der Waals surface area (Å²) in [5.41, 5.74) is 4.84. The second-order valence-electron chi connectivity index (χ2n) is 10.2. The van der Waals surface area contributed by atoms with E-state index in [1.165, 1.54) is 12.1 Å². The van der Waals surface area contributed by atoms with Gasteiger partial charge < -0.3 is 10.2 Å². The average molecular weight is 537 g/mol. The highest BCUT2D eigenvalue weighted by molar-refractivity contribution is 6.12. The summed E-state index contributed by atoms with van der Waals surface area (Å²) in [5.74, 6) is -0.435. The topological polar surface area (TPSA) is 85.1 Å². The maximum atomic E-state index is 13.1. The first-order valence-corrected chi connectivity index (χ1v) is 13.3. The number of aromatic nitrogens is 4. The zero-order chi connectivity index (χ0) is 27.6. The summed E-state index contributed by atoms with van der Waals surface area (Å²) < 4.78 is 16.8. The number of nitrogens with zero attached hydrogens (tertiary/aromatic N) is 5. The second-order valence-corrected chi connectivity index (χ2v) is 10.2. The van der Waals surface area contributed by atoms with Gasteiger partial charge in [0.2, 0.25) is 0 Å². The lowest BCUT2D eigenvalue weighted by Gasteiger charge is -2.32. The molecule has 1 saturated heterocycles. The molecule has 1 aliphatic heterocycles. The maximum Gasteiger partial charge on any atom is 0.256 e. The van der Waals surface area contributed by atoms with E-state index in [2.05, 4.69) is 15.5 Å². The van der Waals surface area contributed by atoms with Crippen LogP contribution in [0.25, 0.3) is 10.9 Å². The highest BCUT2D eigenvalue weighted by Crippen LogP contribution is 2.25. The third-order valence-electron chi connectivity index (χ3n) is 7.54. The first kappa shape index (κ1) is 25.5. The minimum absolute atomic E-state index is 0.0183. The van der Waals surface area contributed by atoms with Crippen molar-refractivity contribution in [2.45, 2.75) is 25.3 Å². The van der Waals surface area contributed by atoms with E-state index < -0.39 is 0 Å². The Bertz CT molecular complexity index is 1660. The van der Waals surface area contributed by atoms with Gasteiger partial charge in [0.1, 0.15) is 5.82 Å². The van der Waals surface area contributed by atoms with Gasteiger partial charge in [0.25, 0.3) is 11.8 Å². The Balaban J connectivity index is 1.04. The highest BCUT2D eigenvalue weighted by Gasteiger charge is 2.25. The van der Waals surface area contributed by atoms with Crippen LogP contribution in [-0.2, 0) is 13.5 Å². The van der Waals surface area contributed by atoms with E-state index in [4.69, 9.17) is 0 Å². The van der Waals surface area contributed by atoms with Crippen LogP contribution in [0.15, 0.2) is 85.3 Å². The highest BCUT2D eigenvalue weighted by atomic mass is 19.1. The summed E-state index contributed by atoms with van der Waals surface area (Å²) >= 11 is 0. The number of hydrogen-bond donors (Lipinski definition) is 1. The van der Waals surface area contributed by atoms with Crippen molar-refractivity contribution in [3.05, 3.63) is 113 Å². The molecule has 0 aliphatic carbocycles. The fraction of sp³-hybridized carbons (Fsp3) is 0.226. The van der Waals surface area contributed by atoms with Crippen LogP contribution < -0.4 is 5.32 Å². The normalized spacial score (nSPS) is 14.0. The summed E-state index contributed by atoms with van der Waals surface area (Å²) in [6.45, 7) is 1.26. The lowest BCUT2D eigenvalue weighted by molar-refractivity contribution is 0.0689. The molecule has 0 atom stereocenters. The van der Waals surface area contributed by atoms with Gasteiger partial charge in [-0.25, -0.2) is 4.39 Å². The molecular weight excluding hydrogens is 507 g/mol. The molecule has 3 aromatic carbocycles. The minimum atomic E-state index is -0.247. The first-order valence-electron chi connectivity index (χ1n) is 13.3. The number of likely N-dealkylation sites (tertiary alicyclic amines) is 1. The van der Waals surface area contributed by atoms with Gasteiger partial charge in [-0.3, -0.25) is 19.0 Å². The van der Waals surface area contributed by atoms with E-state index in [1.54, 1.807) is 35.3 Å². The Morgan fingerprint density at radius 2 is 1.62 bits per heavy atom. The lowest BCUT2D eigenvalue weighted by Crippen LogP contribution is -2.39. The minimum Gasteiger partial charge on any atom is -0.338 e. The number of anilines is 1. The van der Waals surface area contributed by atoms with Crippen molar-refractivity contribution >= 4 is 28.4 Å². The third-order valence-corrected chi connectivity index (χ3v) is 7.54. The molecule has 1 aliphatic rings. The monoisotopic (exact) mass is 536 g/mol. The fourth-order valence-electron chi connectivity index (χ4n) is 5.30. The van der Waals surface area contributed by atoms with Crippen LogP contribution in [0.4, 0.5) is 10.1 Å². The van der Waals surface area contributed by atoms with Gasteiger partial charge in [-0.1, -0.05) is 30.3 Å². The van der Waals surface area contributed by atoms with Crippen molar-refractivity contribution in [1.82, 2.24) is 24.5 Å². The lowest BCUT2D eigenvalue weighted by atomic mass is 10.0. The predicted molar refractivity (Wildman–Crippen MR) is 151 cm³/mol. The number of benzene rings is 3. The number of piperidine rings is 1. The second kappa shape index (κ2) is 10.8. The van der Waals surface area contributed by atoms with Crippen molar-refractivity contribution in [3.63, 3.8) is 0 Å². The van der Waals surface area contributed by atoms with Crippen LogP contribution in [0.2, 0.25) is 0 Å². The zero-order valence-corrected chi connectivity index (χ0v) is 22.1. The number of hydrogen-bond acceptors (Lipinski definition) is 4. The zero-order valence-electron chi connectivity index (χ0n) is 22.1. The Labute approximate surface area is 231 Å². The molecule has 0 bridgehead atoms. The Morgan fingerprint density at radius 1 is 0.925 bits per heavy atom. The molecule has 0 radical (unpaired) electrons. The smallest absolute Gasteiger partial charge is 0.256 e. The van der Waals surface area contributed by atoms with Crippen molar-refractivity contribution in [2.24, 2.45) is 7.05 Å². The molecule has 0 unspecified atom stereocenters. The molecule has 5 aromatic rings. The van der Waals surface area contributed by atoms with Gasteiger partial charge in [0.15, 0.2) is 0 Å². The van der Waals surface area contributed by atoms with E-state index in [0.717, 1.165) is 34.9 Å². The molecular formula is C31H29FN6O2. The molecule has 0 spiro atoms. The Morgan fingerprint density at radius 3 is 2.35 bits per heavy atom. The van der Waals surface area contributed by atoms with Gasteiger partial charge in [-0.05, 0) is 66.8 Å². The van der Waals surface area contributed by atoms with Crippen LogP contribution in [-0.4, -0.2) is 49.4 Å². The van der Waals surface area contributed by atoms with Crippen LogP contribution in [0.1, 0.15) is 50.7 Å². The average Bonchev–Trinajstić information content (AvgIpc) is 3.61. The summed E-state index contributed by atoms with van der Waals surface area (Å²) in [7, 11) is 1.85. The molecule has 2 amide bonds. The molecule has 8 nitrogen and oxygen atoms in total. The number of fused-ring (bicyclic) bond motifs is 1. The first-order chi connectivity index (χ1) is 19.4. The van der Waals surface area contributed by atoms with Gasteiger partial charge in [0, 0.05) is 37.3 Å². The molecule has 3 heterocycles. The molecule has 1 fully saturated rings. The molecule has 9 heteroatoms. The van der Waals surface area contributed by atoms with Gasteiger partial charge >= 0.3 is 0 Å². The van der Waals surface area contributed by atoms with Crippen LogP contribution in [0.3, 0.4) is 0 Å². The van der Waals surface area contributed by atoms with E-state index in [1.807, 2.05) is 59.2 Å². The third kappa shape index (κ3) is 5.22. The van der Waals surface area contributed by atoms with Crippen LogP contribution in [0.5, 0.6) is 0 Å². The van der Waals surface area contributed by atoms with Crippen molar-refractivity contribution in [1.29, 1.82) is 0 Å². The molecule has 0 saturated carbocycles. The molecule has 1 N–H and O–H groups in total. The maximum absolute atomic E-state index is 13.1. The summed E-state index contributed by atoms with van der Waals surface area (Å²) in [6, 6.07) is 19.8. The quantitative estimate of drug-likeness (QED) is 0.322. The summed E-state index contributed by atoms with van der Waals surface area (Å²) in [5, 5.41) is 12.5. The molecule has 6 rings (SSSR count). The van der Waals surface area contributed by atoms with Crippen molar-refractivity contribution in [3.8, 4) is 0 Å². The molecule has 202 valence electrons. The largest absolute Gasteiger partial charge is 0.338 e. The molecule has 40 heavy (non-hydrogen) atoms. The van der Waals surface area contributed by atoms with Crippen molar-refractivity contribution in [2.75, 3.05) is 18.4 Å².